The molecule has 1 spiro atoms. The van der Waals surface area contributed by atoms with Gasteiger partial charge in [0, 0.05) is 17.5 Å². The topological polar surface area (TPSA) is 21.3 Å². The minimum absolute atomic E-state index is 0. The van der Waals surface area contributed by atoms with Gasteiger partial charge in [0.15, 0.2) is 0 Å². The molecule has 18 heavy (non-hydrogen) atoms. The number of hydrogen-bond donors (Lipinski definition) is 1. The van der Waals surface area contributed by atoms with Crippen molar-refractivity contribution in [3.8, 4) is 5.75 Å². The van der Waals surface area contributed by atoms with E-state index in [0.717, 1.165) is 37.2 Å². The van der Waals surface area contributed by atoms with E-state index in [1.807, 2.05) is 0 Å². The van der Waals surface area contributed by atoms with Crippen molar-refractivity contribution in [1.82, 2.24) is 5.32 Å². The molecule has 1 aromatic carbocycles. The van der Waals surface area contributed by atoms with Crippen LogP contribution < -0.4 is 10.1 Å². The minimum atomic E-state index is -4.30. The molecule has 100 valence electrons. The van der Waals surface area contributed by atoms with Crippen LogP contribution >= 0.6 is 12.4 Å². The molecule has 2 nitrogen and oxygen atoms in total. The Morgan fingerprint density at radius 3 is 2.67 bits per heavy atom. The van der Waals surface area contributed by atoms with Crippen LogP contribution in [0.5, 0.6) is 5.75 Å². The standard InChI is InChI=1S/C12H12F3NO.ClH/c13-12(14,15)8-1-2-9-10(5-8)17-7-11(9)3-4-16-6-11;/h1-2,5,16H,3-4,6-7H2;1H. The van der Waals surface area contributed by atoms with Gasteiger partial charge in [0.25, 0.3) is 0 Å². The van der Waals surface area contributed by atoms with Gasteiger partial charge in [-0.25, -0.2) is 0 Å². The van der Waals surface area contributed by atoms with Crippen LogP contribution in [0.2, 0.25) is 0 Å². The van der Waals surface area contributed by atoms with Gasteiger partial charge in [-0.1, -0.05) is 6.07 Å². The fraction of sp³-hybridized carbons (Fsp3) is 0.500. The van der Waals surface area contributed by atoms with E-state index in [1.165, 1.54) is 0 Å². The first kappa shape index (κ1) is 13.5. The monoisotopic (exact) mass is 279 g/mol. The summed E-state index contributed by atoms with van der Waals surface area (Å²) in [4.78, 5) is 0. The van der Waals surface area contributed by atoms with Crippen LogP contribution in [-0.4, -0.2) is 19.7 Å². The van der Waals surface area contributed by atoms with Crippen LogP contribution in [0.25, 0.3) is 0 Å². The predicted molar refractivity (Wildman–Crippen MR) is 63.4 cm³/mol. The Kier molecular flexibility index (Phi) is 3.23. The van der Waals surface area contributed by atoms with Crippen molar-refractivity contribution in [2.24, 2.45) is 0 Å². The second-order valence-electron chi connectivity index (χ2n) is 4.70. The molecule has 1 unspecified atom stereocenters. The molecule has 2 heterocycles. The lowest BCUT2D eigenvalue weighted by atomic mass is 9.81. The van der Waals surface area contributed by atoms with E-state index < -0.39 is 11.7 Å². The van der Waals surface area contributed by atoms with Gasteiger partial charge < -0.3 is 10.1 Å². The zero-order valence-electron chi connectivity index (χ0n) is 9.51. The molecule has 1 saturated heterocycles. The Labute approximate surface area is 109 Å². The molecular formula is C12H13ClF3NO. The van der Waals surface area contributed by atoms with Crippen molar-refractivity contribution >= 4 is 12.4 Å². The molecule has 6 heteroatoms. The van der Waals surface area contributed by atoms with Crippen LogP contribution in [0.4, 0.5) is 13.2 Å². The van der Waals surface area contributed by atoms with Gasteiger partial charge in [0.2, 0.25) is 0 Å². The lowest BCUT2D eigenvalue weighted by molar-refractivity contribution is -0.137. The summed E-state index contributed by atoms with van der Waals surface area (Å²) in [7, 11) is 0. The first-order valence-electron chi connectivity index (χ1n) is 5.57. The van der Waals surface area contributed by atoms with Crippen LogP contribution in [0, 0.1) is 0 Å². The van der Waals surface area contributed by atoms with Gasteiger partial charge in [-0.15, -0.1) is 12.4 Å². The van der Waals surface area contributed by atoms with E-state index in [9.17, 15) is 13.2 Å². The summed E-state index contributed by atoms with van der Waals surface area (Å²) in [6.45, 7) is 2.16. The number of hydrogen-bond acceptors (Lipinski definition) is 2. The van der Waals surface area contributed by atoms with E-state index >= 15 is 0 Å². The maximum atomic E-state index is 12.6. The van der Waals surface area contributed by atoms with Crippen LogP contribution in [-0.2, 0) is 11.6 Å². The van der Waals surface area contributed by atoms with Gasteiger partial charge in [0.05, 0.1) is 12.2 Å². The summed E-state index contributed by atoms with van der Waals surface area (Å²) in [5.41, 5.74) is 0.161. The Hall–Kier alpha value is -0.940. The quantitative estimate of drug-likeness (QED) is 0.788. The number of rotatable bonds is 0. The van der Waals surface area contributed by atoms with Crippen LogP contribution in [0.1, 0.15) is 17.5 Å². The van der Waals surface area contributed by atoms with Gasteiger partial charge in [0.1, 0.15) is 5.75 Å². The Morgan fingerprint density at radius 1 is 1.28 bits per heavy atom. The van der Waals surface area contributed by atoms with Gasteiger partial charge in [-0.3, -0.25) is 0 Å². The molecule has 1 aromatic rings. The Balaban J connectivity index is 0.00000120. The minimum Gasteiger partial charge on any atom is -0.492 e. The highest BCUT2D eigenvalue weighted by molar-refractivity contribution is 5.85. The van der Waals surface area contributed by atoms with Crippen molar-refractivity contribution in [2.75, 3.05) is 19.7 Å². The van der Waals surface area contributed by atoms with Gasteiger partial charge in [-0.05, 0) is 25.1 Å². The largest absolute Gasteiger partial charge is 0.492 e. The molecule has 3 rings (SSSR count). The van der Waals surface area contributed by atoms with E-state index in [1.54, 1.807) is 6.07 Å². The van der Waals surface area contributed by atoms with Crippen molar-refractivity contribution in [3.63, 3.8) is 0 Å². The van der Waals surface area contributed by atoms with Gasteiger partial charge in [-0.2, -0.15) is 13.2 Å². The number of benzene rings is 1. The molecule has 0 saturated carbocycles. The first-order chi connectivity index (χ1) is 8.01. The highest BCUT2D eigenvalue weighted by atomic mass is 35.5. The molecule has 2 aliphatic heterocycles. The Bertz CT molecular complexity index is 455. The van der Waals surface area contributed by atoms with Gasteiger partial charge >= 0.3 is 6.18 Å². The number of alkyl halides is 3. The van der Waals surface area contributed by atoms with Crippen molar-refractivity contribution in [3.05, 3.63) is 29.3 Å². The molecule has 1 N–H and O–H groups in total. The lowest BCUT2D eigenvalue weighted by Crippen LogP contribution is -2.30. The van der Waals surface area contributed by atoms with E-state index in [2.05, 4.69) is 5.32 Å². The normalized spacial score (nSPS) is 25.7. The number of halogens is 4. The fourth-order valence-electron chi connectivity index (χ4n) is 2.65. The smallest absolute Gasteiger partial charge is 0.416 e. The third-order valence-corrected chi connectivity index (χ3v) is 3.63. The highest BCUT2D eigenvalue weighted by Gasteiger charge is 2.44. The number of nitrogens with one attached hydrogen (secondary N) is 1. The van der Waals surface area contributed by atoms with E-state index in [-0.39, 0.29) is 17.8 Å². The first-order valence-corrected chi connectivity index (χ1v) is 5.57. The summed E-state index contributed by atoms with van der Waals surface area (Å²) in [5.74, 6) is 0.392. The Morgan fingerprint density at radius 2 is 2.06 bits per heavy atom. The molecule has 0 bridgehead atoms. The highest BCUT2D eigenvalue weighted by Crippen LogP contribution is 2.44. The molecule has 1 fully saturated rings. The summed E-state index contributed by atoms with van der Waals surface area (Å²) in [6, 6.07) is 3.83. The molecule has 0 aromatic heterocycles. The predicted octanol–water partition coefficient (Wildman–Crippen LogP) is 2.75. The third-order valence-electron chi connectivity index (χ3n) is 3.63. The lowest BCUT2D eigenvalue weighted by Gasteiger charge is -2.20. The van der Waals surface area contributed by atoms with E-state index in [4.69, 9.17) is 4.74 Å². The SMILES string of the molecule is Cl.FC(F)(F)c1ccc2c(c1)OCC21CCNC1. The molecule has 0 amide bonds. The number of fused-ring (bicyclic) bond motifs is 2. The summed E-state index contributed by atoms with van der Waals surface area (Å²) in [5, 5.41) is 3.24. The summed E-state index contributed by atoms with van der Waals surface area (Å²) < 4.78 is 43.1. The maximum Gasteiger partial charge on any atom is 0.416 e. The van der Waals surface area contributed by atoms with Crippen LogP contribution in [0.15, 0.2) is 18.2 Å². The zero-order chi connectivity index (χ0) is 12.1. The zero-order valence-corrected chi connectivity index (χ0v) is 10.3. The molecule has 1 atom stereocenters. The third kappa shape index (κ3) is 1.95. The summed E-state index contributed by atoms with van der Waals surface area (Å²) in [6.07, 6.45) is -3.38. The van der Waals surface area contributed by atoms with Crippen LogP contribution in [0.3, 0.4) is 0 Å². The molecule has 2 aliphatic rings. The van der Waals surface area contributed by atoms with E-state index in [0.29, 0.717) is 12.4 Å². The average Bonchev–Trinajstić information content (AvgIpc) is 2.87. The second kappa shape index (κ2) is 4.31. The van der Waals surface area contributed by atoms with Crippen molar-refractivity contribution in [2.45, 2.75) is 18.0 Å². The molecule has 0 radical (unpaired) electrons. The molecular weight excluding hydrogens is 267 g/mol. The molecule has 0 aliphatic carbocycles. The van der Waals surface area contributed by atoms with Crippen molar-refractivity contribution in [1.29, 1.82) is 0 Å². The summed E-state index contributed by atoms with van der Waals surface area (Å²) >= 11 is 0. The maximum absolute atomic E-state index is 12.6. The average molecular weight is 280 g/mol. The van der Waals surface area contributed by atoms with Crippen molar-refractivity contribution < 1.29 is 17.9 Å². The fourth-order valence-corrected chi connectivity index (χ4v) is 2.65. The second-order valence-corrected chi connectivity index (χ2v) is 4.70. The number of ether oxygens (including phenoxy) is 1.